The van der Waals surface area contributed by atoms with E-state index in [0.29, 0.717) is 5.69 Å². The zero-order valence-electron chi connectivity index (χ0n) is 19.0. The third-order valence-electron chi connectivity index (χ3n) is 5.33. The highest BCUT2D eigenvalue weighted by Crippen LogP contribution is 2.27. The lowest BCUT2D eigenvalue weighted by molar-refractivity contribution is -0.123. The summed E-state index contributed by atoms with van der Waals surface area (Å²) in [5, 5.41) is 2.79. The van der Waals surface area contributed by atoms with Crippen molar-refractivity contribution in [3.05, 3.63) is 57.6 Å². The second-order valence-corrected chi connectivity index (χ2v) is 10.3. The molecule has 3 rings (SSSR count). The number of aryl methyl sites for hydroxylation is 3. The van der Waals surface area contributed by atoms with Crippen molar-refractivity contribution in [2.75, 3.05) is 31.6 Å². The van der Waals surface area contributed by atoms with Crippen LogP contribution >= 0.6 is 11.6 Å². The fourth-order valence-electron chi connectivity index (χ4n) is 3.64. The first kappa shape index (κ1) is 25.2. The van der Waals surface area contributed by atoms with E-state index in [-0.39, 0.29) is 41.8 Å². The van der Waals surface area contributed by atoms with Crippen molar-refractivity contribution >= 4 is 39.2 Å². The molecule has 1 aliphatic heterocycles. The van der Waals surface area contributed by atoms with Crippen molar-refractivity contribution in [3.63, 3.8) is 0 Å². The lowest BCUT2D eigenvalue weighted by Crippen LogP contribution is -2.40. The largest absolute Gasteiger partial charge is 0.449 e. The molecule has 0 spiro atoms. The number of rotatable bonds is 6. The number of nitrogens with one attached hydrogen (secondary N) is 1. The van der Waals surface area contributed by atoms with E-state index in [2.05, 4.69) is 5.32 Å². The summed E-state index contributed by atoms with van der Waals surface area (Å²) in [6.07, 6.45) is -1.10. The number of ether oxygens (including phenoxy) is 2. The Morgan fingerprint density at radius 1 is 1.09 bits per heavy atom. The van der Waals surface area contributed by atoms with Crippen molar-refractivity contribution in [1.82, 2.24) is 4.31 Å². The van der Waals surface area contributed by atoms with Crippen LogP contribution in [0.4, 0.5) is 5.69 Å². The summed E-state index contributed by atoms with van der Waals surface area (Å²) in [6, 6.07) is 7.76. The summed E-state index contributed by atoms with van der Waals surface area (Å²) in [6.45, 7) is 8.15. The summed E-state index contributed by atoms with van der Waals surface area (Å²) >= 11 is 6.14. The Bertz CT molecular complexity index is 1150. The first-order valence-electron chi connectivity index (χ1n) is 10.5. The van der Waals surface area contributed by atoms with E-state index in [1.54, 1.807) is 0 Å². The molecule has 1 N–H and O–H groups in total. The van der Waals surface area contributed by atoms with Gasteiger partial charge in [0.1, 0.15) is 4.90 Å². The molecule has 0 radical (unpaired) electrons. The van der Waals surface area contributed by atoms with Crippen molar-refractivity contribution in [2.45, 2.75) is 38.7 Å². The number of esters is 1. The predicted molar refractivity (Wildman–Crippen MR) is 125 cm³/mol. The van der Waals surface area contributed by atoms with E-state index in [1.165, 1.54) is 29.4 Å². The molecule has 1 amide bonds. The molecule has 10 heteroatoms. The van der Waals surface area contributed by atoms with Crippen LogP contribution in [0, 0.1) is 20.8 Å². The van der Waals surface area contributed by atoms with E-state index in [9.17, 15) is 18.0 Å². The lowest BCUT2D eigenvalue weighted by Gasteiger charge is -2.26. The summed E-state index contributed by atoms with van der Waals surface area (Å²) < 4.78 is 37.7. The van der Waals surface area contributed by atoms with Crippen molar-refractivity contribution < 1.29 is 27.5 Å². The molecule has 8 nitrogen and oxygen atoms in total. The highest BCUT2D eigenvalue weighted by Gasteiger charge is 2.30. The maximum atomic E-state index is 13.0. The van der Waals surface area contributed by atoms with Gasteiger partial charge in [0.25, 0.3) is 5.91 Å². The molecule has 0 saturated carbocycles. The van der Waals surface area contributed by atoms with Crippen molar-refractivity contribution in [1.29, 1.82) is 0 Å². The van der Waals surface area contributed by atoms with E-state index < -0.39 is 28.0 Å². The molecule has 0 bridgehead atoms. The number of amides is 1. The van der Waals surface area contributed by atoms with Gasteiger partial charge in [-0.05, 0) is 57.0 Å². The van der Waals surface area contributed by atoms with Gasteiger partial charge in [-0.1, -0.05) is 29.3 Å². The standard InChI is InChI=1S/C23H27ClN2O6S/c1-14-11-15(2)21(16(3)12-14)25-22(27)17(4)32-23(28)18-5-6-19(24)20(13-18)33(29,30)26-7-9-31-10-8-26/h5-6,11-13,17H,7-10H2,1-4H3,(H,25,27). The third kappa shape index (κ3) is 5.73. The second kappa shape index (κ2) is 10.2. The fraction of sp³-hybridized carbons (Fsp3) is 0.391. The number of nitrogens with zero attached hydrogens (tertiary/aromatic N) is 1. The lowest BCUT2D eigenvalue weighted by atomic mass is 10.0. The van der Waals surface area contributed by atoms with Crippen LogP contribution in [-0.2, 0) is 24.3 Å². The Morgan fingerprint density at radius 3 is 2.30 bits per heavy atom. The van der Waals surface area contributed by atoms with Crippen molar-refractivity contribution in [3.8, 4) is 0 Å². The smallest absolute Gasteiger partial charge is 0.338 e. The first-order chi connectivity index (χ1) is 15.5. The zero-order valence-corrected chi connectivity index (χ0v) is 20.5. The summed E-state index contributed by atoms with van der Waals surface area (Å²) in [5.41, 5.74) is 3.52. The molecule has 0 aliphatic carbocycles. The summed E-state index contributed by atoms with van der Waals surface area (Å²) in [4.78, 5) is 25.1. The van der Waals surface area contributed by atoms with Crippen LogP contribution in [0.3, 0.4) is 0 Å². The monoisotopic (exact) mass is 494 g/mol. The van der Waals surface area contributed by atoms with E-state index in [4.69, 9.17) is 21.1 Å². The average molecular weight is 495 g/mol. The number of hydrogen-bond donors (Lipinski definition) is 1. The van der Waals surface area contributed by atoms with Gasteiger partial charge < -0.3 is 14.8 Å². The van der Waals surface area contributed by atoms with Gasteiger partial charge in [0, 0.05) is 18.8 Å². The maximum absolute atomic E-state index is 13.0. The second-order valence-electron chi connectivity index (χ2n) is 7.97. The van der Waals surface area contributed by atoms with E-state index >= 15 is 0 Å². The minimum absolute atomic E-state index is 0.00541. The van der Waals surface area contributed by atoms with Crippen LogP contribution in [-0.4, -0.2) is 57.0 Å². The quantitative estimate of drug-likeness (QED) is 0.617. The molecular weight excluding hydrogens is 468 g/mol. The van der Waals surface area contributed by atoms with Gasteiger partial charge in [-0.25, -0.2) is 13.2 Å². The molecule has 2 aromatic carbocycles. The summed E-state index contributed by atoms with van der Waals surface area (Å²) in [5.74, 6) is -1.32. The van der Waals surface area contributed by atoms with E-state index in [0.717, 1.165) is 16.7 Å². The topological polar surface area (TPSA) is 102 Å². The number of hydrogen-bond acceptors (Lipinski definition) is 6. The van der Waals surface area contributed by atoms with Gasteiger partial charge in [0.05, 0.1) is 23.8 Å². The molecule has 1 aliphatic rings. The van der Waals surface area contributed by atoms with Crippen LogP contribution in [0.5, 0.6) is 0 Å². The summed E-state index contributed by atoms with van der Waals surface area (Å²) in [7, 11) is -3.91. The number of sulfonamides is 1. The molecule has 2 aromatic rings. The van der Waals surface area contributed by atoms with Crippen LogP contribution in [0.1, 0.15) is 34.0 Å². The van der Waals surface area contributed by atoms with Gasteiger partial charge in [0.2, 0.25) is 10.0 Å². The number of morpholine rings is 1. The molecule has 1 atom stereocenters. The average Bonchev–Trinajstić information content (AvgIpc) is 2.76. The van der Waals surface area contributed by atoms with Gasteiger partial charge in [-0.15, -0.1) is 0 Å². The van der Waals surface area contributed by atoms with E-state index in [1.807, 2.05) is 32.9 Å². The first-order valence-corrected chi connectivity index (χ1v) is 12.3. The Balaban J connectivity index is 1.75. The van der Waals surface area contributed by atoms with Crippen molar-refractivity contribution in [2.24, 2.45) is 0 Å². The van der Waals surface area contributed by atoms with Crippen LogP contribution in [0.15, 0.2) is 35.2 Å². The molecule has 1 saturated heterocycles. The maximum Gasteiger partial charge on any atom is 0.338 e. The SMILES string of the molecule is Cc1cc(C)c(NC(=O)C(C)OC(=O)c2ccc(Cl)c(S(=O)(=O)N3CCOCC3)c2)c(C)c1. The fourth-order valence-corrected chi connectivity index (χ4v) is 5.55. The number of carbonyl (C=O) groups excluding carboxylic acids is 2. The van der Waals surface area contributed by atoms with Crippen LogP contribution in [0.2, 0.25) is 5.02 Å². The van der Waals surface area contributed by atoms with Gasteiger partial charge >= 0.3 is 5.97 Å². The number of halogens is 1. The highest BCUT2D eigenvalue weighted by molar-refractivity contribution is 7.89. The molecule has 1 unspecified atom stereocenters. The molecule has 0 aromatic heterocycles. The Hall–Kier alpha value is -2.46. The molecular formula is C23H27ClN2O6S. The molecule has 33 heavy (non-hydrogen) atoms. The zero-order chi connectivity index (χ0) is 24.3. The van der Waals surface area contributed by atoms with Gasteiger partial charge in [0.15, 0.2) is 6.10 Å². The van der Waals surface area contributed by atoms with Gasteiger partial charge in [-0.2, -0.15) is 4.31 Å². The molecule has 1 heterocycles. The number of benzene rings is 2. The minimum Gasteiger partial charge on any atom is -0.449 e. The number of anilines is 1. The van der Waals surface area contributed by atoms with Gasteiger partial charge in [-0.3, -0.25) is 4.79 Å². The van der Waals surface area contributed by atoms with Crippen LogP contribution in [0.25, 0.3) is 0 Å². The molecule has 178 valence electrons. The molecule has 1 fully saturated rings. The highest BCUT2D eigenvalue weighted by atomic mass is 35.5. The predicted octanol–water partition coefficient (Wildman–Crippen LogP) is 3.47. The number of carbonyl (C=O) groups is 2. The normalized spacial score (nSPS) is 15.7. The minimum atomic E-state index is -3.91. The Labute approximate surface area is 198 Å². The Kier molecular flexibility index (Phi) is 7.79. The van der Waals surface area contributed by atoms with Crippen LogP contribution < -0.4 is 5.32 Å². The third-order valence-corrected chi connectivity index (χ3v) is 7.71. The Morgan fingerprint density at radius 2 is 1.70 bits per heavy atom.